The van der Waals surface area contributed by atoms with E-state index >= 15 is 0 Å². The Balaban J connectivity index is 1.57. The number of rotatable bonds is 4. The molecule has 120 valence electrons. The number of carbonyl (C=O) groups excluding carboxylic acids is 1. The van der Waals surface area contributed by atoms with Gasteiger partial charge in [-0.15, -0.1) is 10.2 Å². The molecule has 0 aliphatic heterocycles. The van der Waals surface area contributed by atoms with Gasteiger partial charge in [-0.3, -0.25) is 9.78 Å². The first-order chi connectivity index (χ1) is 11.7. The van der Waals surface area contributed by atoms with Gasteiger partial charge in [0.1, 0.15) is 23.5 Å². The Morgan fingerprint density at radius 1 is 1.25 bits per heavy atom. The highest BCUT2D eigenvalue weighted by Gasteiger charge is 2.27. The average Bonchev–Trinajstić information content (AvgIpc) is 3.32. The predicted molar refractivity (Wildman–Crippen MR) is 88.5 cm³/mol. The number of anilines is 1. The quantitative estimate of drug-likeness (QED) is 0.798. The zero-order chi connectivity index (χ0) is 16.5. The molecule has 0 radical (unpaired) electrons. The number of hydrogen-bond acceptors (Lipinski definition) is 5. The van der Waals surface area contributed by atoms with Gasteiger partial charge in [0, 0.05) is 12.2 Å². The smallest absolute Gasteiger partial charge is 0.275 e. The number of nitrogens with one attached hydrogen (secondary N) is 1. The molecule has 24 heavy (non-hydrogen) atoms. The third-order valence-corrected chi connectivity index (χ3v) is 3.88. The summed E-state index contributed by atoms with van der Waals surface area (Å²) in [5.74, 6) is 0.899. The number of hydrogen-bond donors (Lipinski definition) is 1. The number of amides is 1. The van der Waals surface area contributed by atoms with E-state index < -0.39 is 0 Å². The monoisotopic (exact) mass is 320 g/mol. The van der Waals surface area contributed by atoms with Crippen molar-refractivity contribution in [3.63, 3.8) is 0 Å². The SMILES string of the molecule is Cc1ccc(C(=O)Nc2cccc(-c3nncn3C3CC3)n2)nc1. The van der Waals surface area contributed by atoms with Gasteiger partial charge in [0.15, 0.2) is 5.82 Å². The molecule has 3 aromatic rings. The van der Waals surface area contributed by atoms with Gasteiger partial charge < -0.3 is 9.88 Å². The Hall–Kier alpha value is -3.09. The fourth-order valence-electron chi connectivity index (χ4n) is 2.46. The van der Waals surface area contributed by atoms with Crippen molar-refractivity contribution in [3.05, 3.63) is 54.1 Å². The van der Waals surface area contributed by atoms with E-state index in [2.05, 4.69) is 25.5 Å². The molecule has 1 N–H and O–H groups in total. The third kappa shape index (κ3) is 2.88. The summed E-state index contributed by atoms with van der Waals surface area (Å²) in [4.78, 5) is 20.9. The summed E-state index contributed by atoms with van der Waals surface area (Å²) >= 11 is 0. The fraction of sp³-hybridized carbons (Fsp3) is 0.235. The maximum Gasteiger partial charge on any atom is 0.275 e. The summed E-state index contributed by atoms with van der Waals surface area (Å²) in [6.07, 6.45) is 5.67. The van der Waals surface area contributed by atoms with Crippen LogP contribution in [0.1, 0.15) is 34.9 Å². The minimum Gasteiger partial charge on any atom is -0.309 e. The predicted octanol–water partition coefficient (Wildman–Crippen LogP) is 2.63. The molecule has 0 unspecified atom stereocenters. The Morgan fingerprint density at radius 2 is 2.12 bits per heavy atom. The van der Waals surface area contributed by atoms with Crippen molar-refractivity contribution in [2.75, 3.05) is 5.32 Å². The second-order valence-electron chi connectivity index (χ2n) is 5.88. The molecule has 0 bridgehead atoms. The molecule has 0 aromatic carbocycles. The van der Waals surface area contributed by atoms with E-state index in [9.17, 15) is 4.79 Å². The highest BCUT2D eigenvalue weighted by molar-refractivity contribution is 6.02. The minimum atomic E-state index is -0.289. The lowest BCUT2D eigenvalue weighted by atomic mass is 10.2. The van der Waals surface area contributed by atoms with Crippen molar-refractivity contribution in [1.82, 2.24) is 24.7 Å². The summed E-state index contributed by atoms with van der Waals surface area (Å²) in [7, 11) is 0. The summed E-state index contributed by atoms with van der Waals surface area (Å²) in [5.41, 5.74) is 2.05. The van der Waals surface area contributed by atoms with Crippen LogP contribution in [0.3, 0.4) is 0 Å². The lowest BCUT2D eigenvalue weighted by Gasteiger charge is -2.07. The van der Waals surface area contributed by atoms with E-state index in [1.54, 1.807) is 24.7 Å². The van der Waals surface area contributed by atoms with Crippen LogP contribution in [0, 0.1) is 6.92 Å². The lowest BCUT2D eigenvalue weighted by molar-refractivity contribution is 0.102. The number of aryl methyl sites for hydroxylation is 1. The molecular formula is C17H16N6O. The van der Waals surface area contributed by atoms with E-state index in [0.717, 1.165) is 24.2 Å². The van der Waals surface area contributed by atoms with Crippen LogP contribution in [0.2, 0.25) is 0 Å². The normalized spacial score (nSPS) is 13.7. The van der Waals surface area contributed by atoms with E-state index in [1.807, 2.05) is 29.7 Å². The lowest BCUT2D eigenvalue weighted by Crippen LogP contribution is -2.14. The molecule has 7 heteroatoms. The maximum absolute atomic E-state index is 12.3. The van der Waals surface area contributed by atoms with Crippen LogP contribution in [-0.4, -0.2) is 30.6 Å². The van der Waals surface area contributed by atoms with Crippen molar-refractivity contribution in [2.24, 2.45) is 0 Å². The number of pyridine rings is 2. The van der Waals surface area contributed by atoms with Crippen LogP contribution in [0.15, 0.2) is 42.9 Å². The molecule has 3 aromatic heterocycles. The van der Waals surface area contributed by atoms with E-state index in [0.29, 0.717) is 23.2 Å². The zero-order valence-electron chi connectivity index (χ0n) is 13.2. The molecule has 0 atom stereocenters. The van der Waals surface area contributed by atoms with Gasteiger partial charge in [-0.25, -0.2) is 4.98 Å². The van der Waals surface area contributed by atoms with Crippen LogP contribution in [0.5, 0.6) is 0 Å². The Labute approximate surface area is 138 Å². The van der Waals surface area contributed by atoms with Crippen LogP contribution in [0.4, 0.5) is 5.82 Å². The molecule has 7 nitrogen and oxygen atoms in total. The molecule has 4 rings (SSSR count). The second-order valence-corrected chi connectivity index (χ2v) is 5.88. The topological polar surface area (TPSA) is 85.6 Å². The standard InChI is InChI=1S/C17H16N6O/c1-11-5-8-14(18-9-11)17(24)21-15-4-2-3-13(20-15)16-22-19-10-23(16)12-6-7-12/h2-5,8-10,12H,6-7H2,1H3,(H,20,21,24). The van der Waals surface area contributed by atoms with Crippen LogP contribution < -0.4 is 5.32 Å². The molecular weight excluding hydrogens is 304 g/mol. The van der Waals surface area contributed by atoms with Gasteiger partial charge in [0.25, 0.3) is 5.91 Å². The van der Waals surface area contributed by atoms with Gasteiger partial charge in [-0.2, -0.15) is 0 Å². The summed E-state index contributed by atoms with van der Waals surface area (Å²) in [5, 5.41) is 10.9. The molecule has 1 amide bonds. The summed E-state index contributed by atoms with van der Waals surface area (Å²) < 4.78 is 2.04. The molecule has 1 aliphatic rings. The Bertz CT molecular complexity index is 882. The van der Waals surface area contributed by atoms with Gasteiger partial charge in [-0.05, 0) is 43.5 Å². The first-order valence-electron chi connectivity index (χ1n) is 7.81. The molecule has 1 saturated carbocycles. The summed E-state index contributed by atoms with van der Waals surface area (Å²) in [6.45, 7) is 1.93. The summed E-state index contributed by atoms with van der Waals surface area (Å²) in [6, 6.07) is 9.46. The first-order valence-corrected chi connectivity index (χ1v) is 7.81. The molecule has 0 saturated heterocycles. The highest BCUT2D eigenvalue weighted by Crippen LogP contribution is 2.37. The average molecular weight is 320 g/mol. The number of carbonyl (C=O) groups is 1. The second kappa shape index (κ2) is 5.84. The number of aromatic nitrogens is 5. The van der Waals surface area contributed by atoms with Crippen molar-refractivity contribution in [2.45, 2.75) is 25.8 Å². The zero-order valence-corrected chi connectivity index (χ0v) is 13.2. The van der Waals surface area contributed by atoms with Crippen LogP contribution in [0.25, 0.3) is 11.5 Å². The highest BCUT2D eigenvalue weighted by atomic mass is 16.1. The van der Waals surface area contributed by atoms with Gasteiger partial charge in [-0.1, -0.05) is 12.1 Å². The van der Waals surface area contributed by atoms with Crippen molar-refractivity contribution >= 4 is 11.7 Å². The molecule has 3 heterocycles. The first kappa shape index (κ1) is 14.5. The molecule has 1 aliphatic carbocycles. The van der Waals surface area contributed by atoms with Crippen molar-refractivity contribution < 1.29 is 4.79 Å². The van der Waals surface area contributed by atoms with E-state index in [1.165, 1.54) is 0 Å². The Kier molecular flexibility index (Phi) is 3.53. The van der Waals surface area contributed by atoms with Crippen molar-refractivity contribution in [1.29, 1.82) is 0 Å². The largest absolute Gasteiger partial charge is 0.309 e. The molecule has 0 spiro atoms. The van der Waals surface area contributed by atoms with Gasteiger partial charge >= 0.3 is 0 Å². The minimum absolute atomic E-state index is 0.289. The number of nitrogens with zero attached hydrogens (tertiary/aromatic N) is 5. The maximum atomic E-state index is 12.3. The van der Waals surface area contributed by atoms with E-state index in [-0.39, 0.29) is 5.91 Å². The van der Waals surface area contributed by atoms with Gasteiger partial charge in [0.05, 0.1) is 0 Å². The van der Waals surface area contributed by atoms with E-state index in [4.69, 9.17) is 0 Å². The van der Waals surface area contributed by atoms with Crippen LogP contribution in [-0.2, 0) is 0 Å². The fourth-order valence-corrected chi connectivity index (χ4v) is 2.46. The molecule has 1 fully saturated rings. The third-order valence-electron chi connectivity index (χ3n) is 3.88. The van der Waals surface area contributed by atoms with Crippen molar-refractivity contribution in [3.8, 4) is 11.5 Å². The van der Waals surface area contributed by atoms with Crippen LogP contribution >= 0.6 is 0 Å². The van der Waals surface area contributed by atoms with Gasteiger partial charge in [0.2, 0.25) is 0 Å². The Morgan fingerprint density at radius 3 is 2.88 bits per heavy atom.